The van der Waals surface area contributed by atoms with Crippen molar-refractivity contribution in [3.63, 3.8) is 0 Å². The molecule has 1 aliphatic rings. The van der Waals surface area contributed by atoms with E-state index in [2.05, 4.69) is 10.2 Å². The van der Waals surface area contributed by atoms with Crippen molar-refractivity contribution in [3.8, 4) is 17.5 Å². The molecule has 0 amide bonds. The monoisotopic (exact) mass is 261 g/mol. The molecule has 1 aromatic carbocycles. The van der Waals surface area contributed by atoms with Crippen molar-refractivity contribution in [2.45, 2.75) is 18.8 Å². The van der Waals surface area contributed by atoms with Gasteiger partial charge in [0.1, 0.15) is 5.97 Å². The molecule has 20 heavy (non-hydrogen) atoms. The maximum absolute atomic E-state index is 10.6. The molecule has 0 bridgehead atoms. The minimum absolute atomic E-state index is 0. The molecule has 1 fully saturated rings. The zero-order valence-corrected chi connectivity index (χ0v) is 10.8. The van der Waals surface area contributed by atoms with Gasteiger partial charge in [0.05, 0.1) is 11.6 Å². The minimum Gasteiger partial charge on any atom is -0.540 e. The van der Waals surface area contributed by atoms with Crippen LogP contribution in [0.25, 0.3) is 11.5 Å². The van der Waals surface area contributed by atoms with Gasteiger partial charge in [-0.3, -0.25) is 0 Å². The average molecular weight is 261 g/mol. The second-order valence-electron chi connectivity index (χ2n) is 4.39. The quantitative estimate of drug-likeness (QED) is 0.584. The van der Waals surface area contributed by atoms with Crippen LogP contribution >= 0.6 is 0 Å². The van der Waals surface area contributed by atoms with E-state index in [1.807, 2.05) is 12.1 Å². The first kappa shape index (κ1) is 14.3. The molecule has 0 atom stereocenters. The van der Waals surface area contributed by atoms with Gasteiger partial charge in [0.2, 0.25) is 5.89 Å². The molecule has 0 N–H and O–H groups in total. The number of carboxylic acid groups (broad SMARTS) is 1. The number of hydrogen-bond acceptors (Lipinski definition) is 6. The molecule has 1 saturated carbocycles. The molecule has 0 aliphatic heterocycles. The topological polar surface area (TPSA) is 103 Å². The first-order valence-electron chi connectivity index (χ1n) is 5.78. The fraction of sp³-hybridized carbons (Fsp3) is 0.231. The fourth-order valence-corrected chi connectivity index (χ4v) is 1.98. The number of aromatic nitrogens is 2. The van der Waals surface area contributed by atoms with Crippen molar-refractivity contribution in [1.82, 2.24) is 10.2 Å². The molecular weight excluding hydrogens is 253 g/mol. The van der Waals surface area contributed by atoms with Gasteiger partial charge < -0.3 is 14.3 Å². The van der Waals surface area contributed by atoms with Crippen molar-refractivity contribution in [2.24, 2.45) is 0 Å². The Morgan fingerprint density at radius 2 is 2.15 bits per heavy atom. The third kappa shape index (κ3) is 2.60. The van der Waals surface area contributed by atoms with Crippen LogP contribution in [-0.4, -0.2) is 16.2 Å². The number of rotatable bonds is 3. The molecule has 6 nitrogen and oxygen atoms in total. The van der Waals surface area contributed by atoms with E-state index in [0.717, 1.165) is 18.4 Å². The summed E-state index contributed by atoms with van der Waals surface area (Å²) in [7, 11) is 0. The maximum atomic E-state index is 10.6. The number of carbonyl (C=O) groups excluding carboxylic acids is 1. The van der Waals surface area contributed by atoms with Crippen molar-refractivity contribution < 1.29 is 33.2 Å². The van der Waals surface area contributed by atoms with Gasteiger partial charge in [-0.15, -0.1) is 10.2 Å². The van der Waals surface area contributed by atoms with Gasteiger partial charge in [0.15, 0.2) is 0 Å². The van der Waals surface area contributed by atoms with E-state index in [-0.39, 0.29) is 24.8 Å². The summed E-state index contributed by atoms with van der Waals surface area (Å²) in [5, 5.41) is 26.7. The predicted molar refractivity (Wildman–Crippen MR) is 60.8 cm³/mol. The largest absolute Gasteiger partial charge is 1.00 e. The minimum atomic E-state index is -1.51. The number of nitrogens with zero attached hydrogens (tertiary/aromatic N) is 3. The van der Waals surface area contributed by atoms with Gasteiger partial charge >= 0.3 is 18.9 Å². The molecule has 94 valence electrons. The third-order valence-electron chi connectivity index (χ3n) is 3.03. The Labute approximate surface area is 126 Å². The van der Waals surface area contributed by atoms with E-state index in [0.29, 0.717) is 17.0 Å². The van der Waals surface area contributed by atoms with Gasteiger partial charge in [0.25, 0.3) is 5.89 Å². The van der Waals surface area contributed by atoms with Gasteiger partial charge in [-0.05, 0) is 36.5 Å². The van der Waals surface area contributed by atoms with Crippen LogP contribution in [0.2, 0.25) is 0 Å². The van der Waals surface area contributed by atoms with E-state index < -0.39 is 11.9 Å². The summed E-state index contributed by atoms with van der Waals surface area (Å²) in [4.78, 5) is 10.6. The Hall–Kier alpha value is -2.08. The van der Waals surface area contributed by atoms with Crippen LogP contribution < -0.4 is 24.0 Å². The van der Waals surface area contributed by atoms with Gasteiger partial charge in [-0.2, -0.15) is 5.26 Å². The van der Waals surface area contributed by atoms with Crippen molar-refractivity contribution in [1.29, 1.82) is 5.26 Å². The molecule has 0 saturated heterocycles. The van der Waals surface area contributed by atoms with Crippen LogP contribution in [0.3, 0.4) is 0 Å². The summed E-state index contributed by atoms with van der Waals surface area (Å²) >= 11 is 0. The molecule has 0 radical (unpaired) electrons. The average Bonchev–Trinajstić information content (AvgIpc) is 3.14. The van der Waals surface area contributed by atoms with Gasteiger partial charge in [-0.25, -0.2) is 0 Å². The molecular formula is C13H8LiN3O3. The third-order valence-corrected chi connectivity index (χ3v) is 3.03. The molecule has 0 spiro atoms. The van der Waals surface area contributed by atoms with Crippen molar-refractivity contribution in [2.75, 3.05) is 0 Å². The van der Waals surface area contributed by atoms with E-state index >= 15 is 0 Å². The van der Waals surface area contributed by atoms with Crippen LogP contribution in [-0.2, 0) is 0 Å². The van der Waals surface area contributed by atoms with E-state index in [1.54, 1.807) is 12.1 Å². The van der Waals surface area contributed by atoms with Crippen LogP contribution in [0, 0.1) is 11.3 Å². The normalized spacial score (nSPS) is 13.3. The smallest absolute Gasteiger partial charge is 0.540 e. The number of nitriles is 1. The zero-order valence-electron chi connectivity index (χ0n) is 10.8. The van der Waals surface area contributed by atoms with Gasteiger partial charge in [-0.1, -0.05) is 6.07 Å². The molecule has 1 heterocycles. The number of hydrogen-bond donors (Lipinski definition) is 0. The molecule has 0 unspecified atom stereocenters. The number of aromatic carboxylic acids is 1. The van der Waals surface area contributed by atoms with Crippen LogP contribution in [0.1, 0.15) is 40.6 Å². The first-order chi connectivity index (χ1) is 9.19. The summed E-state index contributed by atoms with van der Waals surface area (Å²) in [6.45, 7) is 0. The van der Waals surface area contributed by atoms with Gasteiger partial charge in [0, 0.05) is 5.56 Å². The summed E-state index contributed by atoms with van der Waals surface area (Å²) in [6.07, 6.45) is 2.14. The van der Waals surface area contributed by atoms with E-state index in [9.17, 15) is 9.90 Å². The van der Waals surface area contributed by atoms with E-state index in [4.69, 9.17) is 9.68 Å². The summed E-state index contributed by atoms with van der Waals surface area (Å²) in [5.74, 6) is -1.54. The Morgan fingerprint density at radius 1 is 1.40 bits per heavy atom. The van der Waals surface area contributed by atoms with Crippen LogP contribution in [0.15, 0.2) is 22.6 Å². The maximum Gasteiger partial charge on any atom is 1.00 e. The Bertz CT molecular complexity index is 701. The van der Waals surface area contributed by atoms with Crippen LogP contribution in [0.5, 0.6) is 0 Å². The predicted octanol–water partition coefficient (Wildman–Crippen LogP) is -2.15. The fourth-order valence-electron chi connectivity index (χ4n) is 1.98. The number of carboxylic acids is 1. The SMILES string of the molecule is N#Cc1ccc(C2CC2)c(-c2nnc(C(=O)[O-])o2)c1.[Li+]. The Balaban J connectivity index is 0.00000147. The van der Waals surface area contributed by atoms with Crippen molar-refractivity contribution >= 4 is 5.97 Å². The first-order valence-corrected chi connectivity index (χ1v) is 5.78. The summed E-state index contributed by atoms with van der Waals surface area (Å²) in [5.41, 5.74) is 2.10. The van der Waals surface area contributed by atoms with Crippen LogP contribution in [0.4, 0.5) is 0 Å². The molecule has 7 heteroatoms. The number of benzene rings is 1. The second kappa shape index (κ2) is 5.50. The van der Waals surface area contributed by atoms with E-state index in [1.165, 1.54) is 0 Å². The summed E-state index contributed by atoms with van der Waals surface area (Å²) in [6, 6.07) is 7.26. The standard InChI is InChI=1S/C13H9N3O3.Li/c14-6-7-1-4-9(8-2-3-8)10(5-7)11-15-16-12(19-11)13(17)18;/h1,4-5,8H,2-3H2,(H,17,18);/q;+1/p-1. The Morgan fingerprint density at radius 3 is 2.70 bits per heavy atom. The molecule has 1 aromatic heterocycles. The molecule has 3 rings (SSSR count). The Kier molecular flexibility index (Phi) is 3.94. The summed E-state index contributed by atoms with van der Waals surface area (Å²) < 4.78 is 5.06. The molecule has 1 aliphatic carbocycles. The number of carbonyl (C=O) groups is 1. The second-order valence-corrected chi connectivity index (χ2v) is 4.39. The molecule has 2 aromatic rings. The zero-order chi connectivity index (χ0) is 13.4. The van der Waals surface area contributed by atoms with Crippen molar-refractivity contribution in [3.05, 3.63) is 35.2 Å².